The minimum absolute atomic E-state index is 0.0206. The Morgan fingerprint density at radius 1 is 1.07 bits per heavy atom. The first-order valence-electron chi connectivity index (χ1n) is 4.72. The maximum atomic E-state index is 11.4. The van der Waals surface area contributed by atoms with Gasteiger partial charge < -0.3 is 15.2 Å². The summed E-state index contributed by atoms with van der Waals surface area (Å²) in [6, 6.07) is 0. The van der Waals surface area contributed by atoms with Gasteiger partial charge in [-0.2, -0.15) is 0 Å². The van der Waals surface area contributed by atoms with Crippen molar-refractivity contribution < 1.29 is 19.1 Å². The lowest BCUT2D eigenvalue weighted by Crippen LogP contribution is -2.35. The molecule has 15 heavy (non-hydrogen) atoms. The van der Waals surface area contributed by atoms with E-state index in [0.717, 1.165) is 0 Å². The summed E-state index contributed by atoms with van der Waals surface area (Å²) in [5.41, 5.74) is 3.39. The first kappa shape index (κ1) is 13.7. The smallest absolute Gasteiger partial charge is 0.405 e. The van der Waals surface area contributed by atoms with E-state index in [1.54, 1.807) is 34.6 Å². The van der Waals surface area contributed by atoms with E-state index in [2.05, 4.69) is 0 Å². The Morgan fingerprint density at radius 3 is 1.87 bits per heavy atom. The van der Waals surface area contributed by atoms with Gasteiger partial charge in [0.15, 0.2) is 0 Å². The molecule has 0 aromatic carbocycles. The van der Waals surface area contributed by atoms with E-state index >= 15 is 0 Å². The van der Waals surface area contributed by atoms with Crippen LogP contribution in [0, 0.1) is 0 Å². The van der Waals surface area contributed by atoms with Gasteiger partial charge in [0.25, 0.3) is 0 Å². The van der Waals surface area contributed by atoms with Crippen molar-refractivity contribution in [2.75, 3.05) is 0 Å². The Balaban J connectivity index is 4.22. The molecule has 0 aliphatic carbocycles. The summed E-state index contributed by atoms with van der Waals surface area (Å²) in [7, 11) is 0. The summed E-state index contributed by atoms with van der Waals surface area (Å²) in [5.74, 6) is -0.422. The molecule has 0 radical (unpaired) electrons. The van der Waals surface area contributed by atoms with Crippen molar-refractivity contribution in [2.24, 2.45) is 5.73 Å². The molecule has 0 heterocycles. The van der Waals surface area contributed by atoms with Crippen LogP contribution < -0.4 is 5.73 Å². The highest BCUT2D eigenvalue weighted by molar-refractivity contribution is 5.72. The van der Waals surface area contributed by atoms with Gasteiger partial charge in [0, 0.05) is 0 Å². The van der Waals surface area contributed by atoms with Crippen molar-refractivity contribution in [3.8, 4) is 0 Å². The molecule has 0 saturated carbocycles. The van der Waals surface area contributed by atoms with E-state index in [1.807, 2.05) is 0 Å². The van der Waals surface area contributed by atoms with E-state index in [9.17, 15) is 9.59 Å². The third-order valence-corrected chi connectivity index (χ3v) is 1.37. The SMILES string of the molecule is CC(C)(C)OC(=O)CC(C)(C)OC(N)=O. The molecule has 0 aliphatic rings. The maximum absolute atomic E-state index is 11.4. The third-order valence-electron chi connectivity index (χ3n) is 1.37. The van der Waals surface area contributed by atoms with Crippen molar-refractivity contribution >= 4 is 12.1 Å². The molecule has 0 fully saturated rings. The minimum atomic E-state index is -0.936. The molecule has 0 unspecified atom stereocenters. The summed E-state index contributed by atoms with van der Waals surface area (Å²) < 4.78 is 9.84. The number of esters is 1. The van der Waals surface area contributed by atoms with Crippen LogP contribution in [0.4, 0.5) is 4.79 Å². The molecule has 0 aromatic heterocycles. The average molecular weight is 217 g/mol. The third kappa shape index (κ3) is 7.78. The van der Waals surface area contributed by atoms with Crippen LogP contribution in [0.25, 0.3) is 0 Å². The number of hydrogen-bond donors (Lipinski definition) is 1. The average Bonchev–Trinajstić information content (AvgIpc) is 1.73. The number of ether oxygens (including phenoxy) is 2. The van der Waals surface area contributed by atoms with Crippen LogP contribution in [0.1, 0.15) is 41.0 Å². The van der Waals surface area contributed by atoms with Gasteiger partial charge in [-0.15, -0.1) is 0 Å². The lowest BCUT2D eigenvalue weighted by atomic mass is 10.1. The number of carbonyl (C=O) groups is 2. The second-order valence-corrected chi connectivity index (χ2v) is 4.94. The lowest BCUT2D eigenvalue weighted by molar-refractivity contribution is -0.159. The van der Waals surface area contributed by atoms with Crippen molar-refractivity contribution in [3.05, 3.63) is 0 Å². The second kappa shape index (κ2) is 4.51. The van der Waals surface area contributed by atoms with Gasteiger partial charge in [-0.3, -0.25) is 4.79 Å². The van der Waals surface area contributed by atoms with Gasteiger partial charge >= 0.3 is 12.1 Å². The number of hydrogen-bond acceptors (Lipinski definition) is 4. The van der Waals surface area contributed by atoms with E-state index in [-0.39, 0.29) is 6.42 Å². The summed E-state index contributed by atoms with van der Waals surface area (Å²) in [5, 5.41) is 0. The van der Waals surface area contributed by atoms with Gasteiger partial charge in [-0.25, -0.2) is 4.79 Å². The van der Waals surface area contributed by atoms with Crippen LogP contribution in [0.15, 0.2) is 0 Å². The van der Waals surface area contributed by atoms with Crippen LogP contribution in [-0.2, 0) is 14.3 Å². The largest absolute Gasteiger partial charge is 0.460 e. The molecule has 2 N–H and O–H groups in total. The summed E-state index contributed by atoms with van der Waals surface area (Å²) in [6.07, 6.45) is -0.920. The first-order valence-corrected chi connectivity index (χ1v) is 4.72. The zero-order chi connectivity index (χ0) is 12.3. The Hall–Kier alpha value is -1.26. The molecular weight excluding hydrogens is 198 g/mol. The highest BCUT2D eigenvalue weighted by Gasteiger charge is 2.28. The molecule has 0 bridgehead atoms. The van der Waals surface area contributed by atoms with Crippen LogP contribution >= 0.6 is 0 Å². The molecular formula is C10H19NO4. The van der Waals surface area contributed by atoms with Gasteiger partial charge in [-0.1, -0.05) is 0 Å². The Kier molecular flexibility index (Phi) is 4.13. The van der Waals surface area contributed by atoms with Crippen molar-refractivity contribution in [2.45, 2.75) is 52.2 Å². The number of nitrogens with two attached hydrogens (primary N) is 1. The number of amides is 1. The quantitative estimate of drug-likeness (QED) is 0.728. The van der Waals surface area contributed by atoms with E-state index in [0.29, 0.717) is 0 Å². The topological polar surface area (TPSA) is 78.6 Å². The van der Waals surface area contributed by atoms with Crippen molar-refractivity contribution in [1.82, 2.24) is 0 Å². The highest BCUT2D eigenvalue weighted by Crippen LogP contribution is 2.17. The predicted molar refractivity (Wildman–Crippen MR) is 55.2 cm³/mol. The molecule has 0 aromatic rings. The number of primary amides is 1. The van der Waals surface area contributed by atoms with Crippen molar-refractivity contribution in [3.63, 3.8) is 0 Å². The fourth-order valence-electron chi connectivity index (χ4n) is 1.03. The summed E-state index contributed by atoms with van der Waals surface area (Å²) in [4.78, 5) is 21.9. The minimum Gasteiger partial charge on any atom is -0.460 e. The first-order chi connectivity index (χ1) is 6.52. The van der Waals surface area contributed by atoms with E-state index < -0.39 is 23.3 Å². The molecule has 1 amide bonds. The molecule has 0 saturated heterocycles. The number of carbonyl (C=O) groups excluding carboxylic acids is 2. The molecule has 0 aliphatic heterocycles. The van der Waals surface area contributed by atoms with Crippen LogP contribution in [0.3, 0.4) is 0 Å². The predicted octanol–water partition coefficient (Wildman–Crippen LogP) is 1.59. The Morgan fingerprint density at radius 2 is 1.53 bits per heavy atom. The highest BCUT2D eigenvalue weighted by atomic mass is 16.6. The fraction of sp³-hybridized carbons (Fsp3) is 0.800. The Labute approximate surface area is 89.9 Å². The lowest BCUT2D eigenvalue weighted by Gasteiger charge is -2.25. The van der Waals surface area contributed by atoms with E-state index in [1.165, 1.54) is 0 Å². The maximum Gasteiger partial charge on any atom is 0.405 e. The second-order valence-electron chi connectivity index (χ2n) is 4.94. The molecule has 88 valence electrons. The van der Waals surface area contributed by atoms with Crippen molar-refractivity contribution in [1.29, 1.82) is 0 Å². The van der Waals surface area contributed by atoms with E-state index in [4.69, 9.17) is 15.2 Å². The molecule has 0 rings (SSSR count). The molecule has 0 atom stereocenters. The summed E-state index contributed by atoms with van der Waals surface area (Å²) >= 11 is 0. The molecule has 5 heteroatoms. The van der Waals surface area contributed by atoms with Crippen LogP contribution in [0.2, 0.25) is 0 Å². The fourth-order valence-corrected chi connectivity index (χ4v) is 1.03. The monoisotopic (exact) mass is 217 g/mol. The molecule has 5 nitrogen and oxygen atoms in total. The van der Waals surface area contributed by atoms with Crippen LogP contribution in [-0.4, -0.2) is 23.3 Å². The van der Waals surface area contributed by atoms with Crippen LogP contribution in [0.5, 0.6) is 0 Å². The zero-order valence-electron chi connectivity index (χ0n) is 9.92. The number of rotatable bonds is 3. The van der Waals surface area contributed by atoms with Gasteiger partial charge in [0.2, 0.25) is 0 Å². The standard InChI is InChI=1S/C10H19NO4/c1-9(2,3)14-7(12)6-10(4,5)15-8(11)13/h6H2,1-5H3,(H2,11,13). The molecule has 0 spiro atoms. The van der Waals surface area contributed by atoms with Gasteiger partial charge in [0.05, 0.1) is 6.42 Å². The zero-order valence-corrected chi connectivity index (χ0v) is 9.92. The summed E-state index contributed by atoms with van der Waals surface area (Å²) in [6.45, 7) is 8.51. The van der Waals surface area contributed by atoms with Gasteiger partial charge in [0.1, 0.15) is 11.2 Å². The van der Waals surface area contributed by atoms with Gasteiger partial charge in [-0.05, 0) is 34.6 Å². The normalized spacial score (nSPS) is 12.1. The Bertz CT molecular complexity index is 253.